The monoisotopic (exact) mass is 1410 g/mol. The molecule has 13 N–H and O–H groups in total. The van der Waals surface area contributed by atoms with E-state index in [4.69, 9.17) is 16.2 Å². The third kappa shape index (κ3) is 33.8. The number of carboxylic acids is 1. The second-order valence-corrected chi connectivity index (χ2v) is 27.8. The van der Waals surface area contributed by atoms with Gasteiger partial charge in [0.1, 0.15) is 30.8 Å². The van der Waals surface area contributed by atoms with Crippen LogP contribution < -0.4 is 54.0 Å². The number of carbonyl (C=O) groups is 13. The van der Waals surface area contributed by atoms with Crippen molar-refractivity contribution in [3.63, 3.8) is 0 Å². The van der Waals surface area contributed by atoms with Crippen LogP contribution in [0.4, 0.5) is 4.79 Å². The van der Waals surface area contributed by atoms with Gasteiger partial charge in [0, 0.05) is 37.1 Å². The maximum atomic E-state index is 13.9. The highest BCUT2D eigenvalue weighted by Gasteiger charge is 2.36. The fraction of sp³-hybridized carbons (Fsp3) is 0.513. The second-order valence-electron chi connectivity index (χ2n) is 27.8. The van der Waals surface area contributed by atoms with Gasteiger partial charge in [-0.1, -0.05) is 156 Å². The first-order chi connectivity index (χ1) is 48.4. The number of Topliss-reactive ketones (excluding diaryl/α,β-unsaturated/α-hetero) is 2. The van der Waals surface area contributed by atoms with Gasteiger partial charge in [-0.15, -0.1) is 0 Å². The summed E-state index contributed by atoms with van der Waals surface area (Å²) in [4.78, 5) is 164. The van der Waals surface area contributed by atoms with Crippen LogP contribution in [0, 0.1) is 29.6 Å². The SMILES string of the molecule is CC(C)C[C@@H](CC(=O)[C@@H](Cc1ccccc1)NC(=O)[C@H](C)Cc1ccccc1)C(=O)N[C@H](CCCCNC(=O)OC(C)(C)C)C(=O)O.CC(C)C[C@@H](CC(=O)[C@@H](Cc1ccccc1)NC(=O)[C@H](N)Cc1ccccc1)C(=O)N[C@H](CCCCN)C(=O)N1CC(=O)NC(=O)C1.O=C1CNCC(=O)N1. The van der Waals surface area contributed by atoms with Crippen LogP contribution >= 0.6 is 0 Å². The standard InChI is InChI=1S/C37H53N3O7.C35H48N6O6.C4H6N2O2/c1-25(2)21-29(34(43)39-30(35(44)45)19-13-14-20-38-36(46)47-37(4,5)6)24-32(41)31(23-28-17-11-8-12-18-28)40-33(42)26(3)22-27-15-9-7-10-16-27;1-23(2)17-26(33(45)38-28(15-9-10-16-36)35(47)41-21-31(43)40-32(44)22-41)20-30(42)29(19-25-13-7-4-8-14-25)39-34(46)27(37)18-24-11-5-3-6-12-24;7-3-1-5-2-4(8)6-3/h7-12,15-18,25-26,29-31H,13-14,19-24H2,1-6H3,(H,38,46)(H,39,43)(H,40,42)(H,44,45);3-8,11-14,23,26-29H,9-10,15-22,36-37H2,1-2H3,(H,38,45)(H,39,46)(H,40,43,44);5H,1-2H2,(H,6,7,8)/t26-,29+,30-,31-;26-,27+,28+,29+;/m10./s1. The third-order valence-electron chi connectivity index (χ3n) is 16.5. The number of ether oxygens (including phenoxy) is 1. The third-order valence-corrected chi connectivity index (χ3v) is 16.5. The van der Waals surface area contributed by atoms with Crippen LogP contribution in [0.5, 0.6) is 0 Å². The highest BCUT2D eigenvalue weighted by atomic mass is 16.6. The van der Waals surface area contributed by atoms with Gasteiger partial charge in [0.25, 0.3) is 0 Å². The molecule has 0 spiro atoms. The van der Waals surface area contributed by atoms with Crippen molar-refractivity contribution in [2.45, 2.75) is 181 Å². The number of ketones is 2. The van der Waals surface area contributed by atoms with Crippen LogP contribution in [0.15, 0.2) is 121 Å². The number of hydrogen-bond donors (Lipinski definition) is 11. The number of benzene rings is 4. The average molecular weight is 1410 g/mol. The zero-order valence-electron chi connectivity index (χ0n) is 60.2. The lowest BCUT2D eigenvalue weighted by Crippen LogP contribution is -2.58. The summed E-state index contributed by atoms with van der Waals surface area (Å²) in [6, 6.07) is 32.8. The van der Waals surface area contributed by atoms with Crippen LogP contribution in [0.25, 0.3) is 0 Å². The number of alkyl carbamates (subject to hydrolysis) is 1. The smallest absolute Gasteiger partial charge is 0.407 e. The maximum Gasteiger partial charge on any atom is 0.407 e. The molecule has 0 aliphatic carbocycles. The van der Waals surface area contributed by atoms with Crippen LogP contribution in [0.1, 0.15) is 142 Å². The summed E-state index contributed by atoms with van der Waals surface area (Å²) in [5.74, 6) is -7.59. The first-order valence-electron chi connectivity index (χ1n) is 35.1. The fourth-order valence-corrected chi connectivity index (χ4v) is 11.4. The highest BCUT2D eigenvalue weighted by Crippen LogP contribution is 2.23. The first-order valence-corrected chi connectivity index (χ1v) is 35.1. The van der Waals surface area contributed by atoms with E-state index in [9.17, 15) is 67.4 Å². The van der Waals surface area contributed by atoms with E-state index in [-0.39, 0.29) is 112 Å². The molecule has 6 rings (SSSR count). The Morgan fingerprint density at radius 3 is 1.31 bits per heavy atom. The molecule has 4 aromatic rings. The molecule has 26 heteroatoms. The Kier molecular flexibility index (Phi) is 37.2. The van der Waals surface area contributed by atoms with E-state index < -0.39 is 95.2 Å². The number of amides is 10. The quantitative estimate of drug-likeness (QED) is 0.0215. The molecule has 2 heterocycles. The zero-order chi connectivity index (χ0) is 75.3. The van der Waals surface area contributed by atoms with Gasteiger partial charge in [0.15, 0.2) is 11.6 Å². The summed E-state index contributed by atoms with van der Waals surface area (Å²) >= 11 is 0. The Morgan fingerprint density at radius 2 is 0.902 bits per heavy atom. The van der Waals surface area contributed by atoms with Crippen molar-refractivity contribution in [3.8, 4) is 0 Å². The lowest BCUT2D eigenvalue weighted by Gasteiger charge is -2.31. The molecular formula is C76H107N11O15. The number of aliphatic carboxylic acids is 1. The number of hydrogen-bond acceptors (Lipinski definition) is 17. The molecule has 0 aromatic heterocycles. The van der Waals surface area contributed by atoms with E-state index >= 15 is 0 Å². The van der Waals surface area contributed by atoms with Crippen LogP contribution in [-0.4, -0.2) is 162 Å². The number of nitrogens with zero attached hydrogens (tertiary/aromatic N) is 1. The van der Waals surface area contributed by atoms with E-state index in [2.05, 4.69) is 42.5 Å². The topological polar surface area (TPSA) is 403 Å². The number of rotatable bonds is 37. The predicted octanol–water partition coefficient (Wildman–Crippen LogP) is 4.72. The summed E-state index contributed by atoms with van der Waals surface area (Å²) in [7, 11) is 0. The maximum absolute atomic E-state index is 13.9. The van der Waals surface area contributed by atoms with Crippen LogP contribution in [0.2, 0.25) is 0 Å². The van der Waals surface area contributed by atoms with E-state index in [1.165, 1.54) is 0 Å². The van der Waals surface area contributed by atoms with Crippen LogP contribution in [0.3, 0.4) is 0 Å². The number of carboxylic acid groups (broad SMARTS) is 1. The Morgan fingerprint density at radius 1 is 0.510 bits per heavy atom. The zero-order valence-corrected chi connectivity index (χ0v) is 60.2. The Hall–Kier alpha value is -9.53. The van der Waals surface area contributed by atoms with Gasteiger partial charge in [-0.2, -0.15) is 0 Å². The van der Waals surface area contributed by atoms with Gasteiger partial charge in [-0.25, -0.2) is 9.59 Å². The van der Waals surface area contributed by atoms with Crippen LogP contribution in [-0.2, 0) is 88.0 Å². The molecule has 2 fully saturated rings. The molecule has 2 saturated heterocycles. The summed E-state index contributed by atoms with van der Waals surface area (Å²) in [5.41, 5.74) is 14.9. The summed E-state index contributed by atoms with van der Waals surface area (Å²) < 4.78 is 5.20. The van der Waals surface area contributed by atoms with Gasteiger partial charge >= 0.3 is 12.1 Å². The van der Waals surface area contributed by atoms with E-state index in [0.29, 0.717) is 64.5 Å². The van der Waals surface area contributed by atoms with Crippen molar-refractivity contribution < 1.29 is 72.2 Å². The summed E-state index contributed by atoms with van der Waals surface area (Å²) in [6.07, 6.45) is 3.65. The van der Waals surface area contributed by atoms with Crippen molar-refractivity contribution >= 4 is 76.8 Å². The van der Waals surface area contributed by atoms with Crippen molar-refractivity contribution in [2.24, 2.45) is 41.1 Å². The largest absolute Gasteiger partial charge is 0.480 e. The molecule has 2 aliphatic rings. The lowest BCUT2D eigenvalue weighted by atomic mass is 9.88. The molecule has 4 aromatic carbocycles. The minimum Gasteiger partial charge on any atom is -0.480 e. The summed E-state index contributed by atoms with van der Waals surface area (Å²) in [5, 5.41) is 30.6. The molecule has 2 aliphatic heterocycles. The van der Waals surface area contributed by atoms with Crippen molar-refractivity contribution in [1.29, 1.82) is 0 Å². The Balaban J connectivity index is 0.000000388. The Labute approximate surface area is 598 Å². The molecule has 102 heavy (non-hydrogen) atoms. The predicted molar refractivity (Wildman–Crippen MR) is 385 cm³/mol. The molecule has 556 valence electrons. The number of piperazine rings is 2. The molecular weight excluding hydrogens is 1310 g/mol. The molecule has 0 bridgehead atoms. The highest BCUT2D eigenvalue weighted by molar-refractivity contribution is 6.04. The fourth-order valence-electron chi connectivity index (χ4n) is 11.4. The first kappa shape index (κ1) is 84.9. The van der Waals surface area contributed by atoms with Gasteiger partial charge in [0.05, 0.1) is 31.2 Å². The summed E-state index contributed by atoms with van der Waals surface area (Å²) in [6.45, 7) is 15.5. The number of nitrogens with one attached hydrogen (secondary N) is 8. The van der Waals surface area contributed by atoms with E-state index in [1.807, 2.05) is 156 Å². The van der Waals surface area contributed by atoms with Crippen molar-refractivity contribution in [2.75, 3.05) is 39.3 Å². The molecule has 0 unspecified atom stereocenters. The van der Waals surface area contributed by atoms with E-state index in [0.717, 1.165) is 27.2 Å². The molecule has 26 nitrogen and oxygen atoms in total. The number of carbonyl (C=O) groups excluding carboxylic acids is 12. The number of unbranched alkanes of at least 4 members (excludes halogenated alkanes) is 2. The van der Waals surface area contributed by atoms with Gasteiger partial charge in [0.2, 0.25) is 53.2 Å². The number of imide groups is 2. The molecule has 0 saturated carbocycles. The average Bonchev–Trinajstić information content (AvgIpc) is 0.850. The minimum absolute atomic E-state index is 0.0369. The molecule has 0 radical (unpaired) electrons. The molecule has 10 amide bonds. The molecule has 8 atom stereocenters. The van der Waals surface area contributed by atoms with Gasteiger partial charge in [-0.3, -0.25) is 68.7 Å². The van der Waals surface area contributed by atoms with Crippen molar-refractivity contribution in [3.05, 3.63) is 144 Å². The normalized spacial score (nSPS) is 15.3. The Bertz CT molecular complexity index is 3340. The number of nitrogens with two attached hydrogens (primary N) is 2. The van der Waals surface area contributed by atoms with Gasteiger partial charge in [-0.05, 0) is 138 Å². The van der Waals surface area contributed by atoms with E-state index in [1.54, 1.807) is 20.8 Å². The van der Waals surface area contributed by atoms with Gasteiger partial charge < -0.3 is 52.8 Å². The lowest BCUT2D eigenvalue weighted by molar-refractivity contribution is -0.147. The second kappa shape index (κ2) is 44.7. The van der Waals surface area contributed by atoms with Crippen molar-refractivity contribution in [1.82, 2.24) is 47.4 Å². The minimum atomic E-state index is -1.17.